The maximum atomic E-state index is 5.45. The van der Waals surface area contributed by atoms with Crippen LogP contribution in [0.25, 0.3) is 0 Å². The molecule has 0 fully saturated rings. The average Bonchev–Trinajstić information content (AvgIpc) is 2.82. The highest BCUT2D eigenvalue weighted by molar-refractivity contribution is 5.44. The van der Waals surface area contributed by atoms with Gasteiger partial charge in [-0.1, -0.05) is 12.1 Å². The van der Waals surface area contributed by atoms with E-state index in [2.05, 4.69) is 35.3 Å². The third-order valence-corrected chi connectivity index (χ3v) is 3.73. The Labute approximate surface area is 108 Å². The van der Waals surface area contributed by atoms with Crippen LogP contribution in [-0.2, 0) is 19.3 Å². The van der Waals surface area contributed by atoms with E-state index in [4.69, 9.17) is 4.74 Å². The van der Waals surface area contributed by atoms with Gasteiger partial charge in [-0.05, 0) is 60.1 Å². The zero-order chi connectivity index (χ0) is 12.4. The highest BCUT2D eigenvalue weighted by Crippen LogP contribution is 2.34. The van der Waals surface area contributed by atoms with E-state index in [1.807, 2.05) is 12.4 Å². The summed E-state index contributed by atoms with van der Waals surface area (Å²) in [5.74, 6) is 1.74. The molecule has 2 aromatic rings. The lowest BCUT2D eigenvalue weighted by atomic mass is 9.97. The van der Waals surface area contributed by atoms with Crippen LogP contribution < -0.4 is 4.74 Å². The summed E-state index contributed by atoms with van der Waals surface area (Å²) in [5.41, 5.74) is 4.23. The van der Waals surface area contributed by atoms with Crippen molar-refractivity contribution in [3.05, 3.63) is 59.4 Å². The summed E-state index contributed by atoms with van der Waals surface area (Å²) in [6.07, 6.45) is 7.16. The standard InChI is InChI=1S/C16H17NO/c1-18-16-4-2-3-14-10-13(11-15(14)16)9-12-5-7-17-8-6-12/h2-8,13H,9-11H2,1H3/t13-/m1/s1. The van der Waals surface area contributed by atoms with Gasteiger partial charge in [-0.2, -0.15) is 0 Å². The van der Waals surface area contributed by atoms with Crippen molar-refractivity contribution < 1.29 is 4.74 Å². The average molecular weight is 239 g/mol. The highest BCUT2D eigenvalue weighted by Gasteiger charge is 2.24. The van der Waals surface area contributed by atoms with Gasteiger partial charge in [-0.15, -0.1) is 0 Å². The molecule has 0 saturated carbocycles. The second-order valence-electron chi connectivity index (χ2n) is 4.93. The molecular formula is C16H17NO. The molecule has 1 aliphatic rings. The molecule has 92 valence electrons. The minimum Gasteiger partial charge on any atom is -0.496 e. The Kier molecular flexibility index (Phi) is 3.01. The molecule has 1 atom stereocenters. The predicted molar refractivity (Wildman–Crippen MR) is 71.8 cm³/mol. The smallest absolute Gasteiger partial charge is 0.122 e. The van der Waals surface area contributed by atoms with Crippen LogP contribution in [0.15, 0.2) is 42.7 Å². The van der Waals surface area contributed by atoms with Gasteiger partial charge in [0.25, 0.3) is 0 Å². The van der Waals surface area contributed by atoms with Gasteiger partial charge in [0, 0.05) is 12.4 Å². The van der Waals surface area contributed by atoms with E-state index in [1.54, 1.807) is 7.11 Å². The van der Waals surface area contributed by atoms with Crippen LogP contribution in [-0.4, -0.2) is 12.1 Å². The summed E-state index contributed by atoms with van der Waals surface area (Å²) in [7, 11) is 1.76. The van der Waals surface area contributed by atoms with Gasteiger partial charge >= 0.3 is 0 Å². The maximum absolute atomic E-state index is 5.45. The molecule has 1 aromatic carbocycles. The number of hydrogen-bond donors (Lipinski definition) is 0. The lowest BCUT2D eigenvalue weighted by Gasteiger charge is -2.08. The fraction of sp³-hybridized carbons (Fsp3) is 0.312. The quantitative estimate of drug-likeness (QED) is 0.821. The second-order valence-corrected chi connectivity index (χ2v) is 4.93. The van der Waals surface area contributed by atoms with Crippen molar-refractivity contribution in [3.8, 4) is 5.75 Å². The summed E-state index contributed by atoms with van der Waals surface area (Å²) < 4.78 is 5.45. The molecule has 0 unspecified atom stereocenters. The molecule has 1 aliphatic carbocycles. The molecule has 0 saturated heterocycles. The Balaban J connectivity index is 1.77. The number of rotatable bonds is 3. The van der Waals surface area contributed by atoms with Gasteiger partial charge in [-0.3, -0.25) is 4.98 Å². The van der Waals surface area contributed by atoms with Crippen LogP contribution in [0.5, 0.6) is 5.75 Å². The van der Waals surface area contributed by atoms with E-state index in [9.17, 15) is 0 Å². The molecular weight excluding hydrogens is 222 g/mol. The SMILES string of the molecule is COc1cccc2c1C[C@H](Cc1ccncc1)C2. The Bertz CT molecular complexity index is 536. The van der Waals surface area contributed by atoms with Gasteiger partial charge in [0.2, 0.25) is 0 Å². The molecule has 0 amide bonds. The number of ether oxygens (including phenoxy) is 1. The van der Waals surface area contributed by atoms with Gasteiger partial charge in [0.15, 0.2) is 0 Å². The molecule has 2 nitrogen and oxygen atoms in total. The van der Waals surface area contributed by atoms with Crippen LogP contribution in [0, 0.1) is 5.92 Å². The van der Waals surface area contributed by atoms with Crippen molar-refractivity contribution in [2.75, 3.05) is 7.11 Å². The molecule has 0 spiro atoms. The van der Waals surface area contributed by atoms with E-state index >= 15 is 0 Å². The first-order valence-electron chi connectivity index (χ1n) is 6.40. The molecule has 2 heteroatoms. The molecule has 0 bridgehead atoms. The fourth-order valence-corrected chi connectivity index (χ4v) is 2.89. The van der Waals surface area contributed by atoms with E-state index in [-0.39, 0.29) is 0 Å². The topological polar surface area (TPSA) is 22.1 Å². The summed E-state index contributed by atoms with van der Waals surface area (Å²) in [5, 5.41) is 0. The molecule has 1 aromatic heterocycles. The highest BCUT2D eigenvalue weighted by atomic mass is 16.5. The number of nitrogens with zero attached hydrogens (tertiary/aromatic N) is 1. The van der Waals surface area contributed by atoms with Gasteiger partial charge < -0.3 is 4.74 Å². The van der Waals surface area contributed by atoms with E-state index < -0.39 is 0 Å². The molecule has 18 heavy (non-hydrogen) atoms. The number of aromatic nitrogens is 1. The van der Waals surface area contributed by atoms with Gasteiger partial charge in [0.1, 0.15) is 5.75 Å². The first-order chi connectivity index (χ1) is 8.86. The third kappa shape index (κ3) is 2.10. The zero-order valence-electron chi connectivity index (χ0n) is 10.6. The number of fused-ring (bicyclic) bond motifs is 1. The van der Waals surface area contributed by atoms with Crippen molar-refractivity contribution in [3.63, 3.8) is 0 Å². The van der Waals surface area contributed by atoms with Crippen molar-refractivity contribution in [1.82, 2.24) is 4.98 Å². The Hall–Kier alpha value is -1.83. The maximum Gasteiger partial charge on any atom is 0.122 e. The zero-order valence-corrected chi connectivity index (χ0v) is 10.6. The minimum absolute atomic E-state index is 0.693. The van der Waals surface area contributed by atoms with Crippen LogP contribution in [0.4, 0.5) is 0 Å². The first kappa shape index (κ1) is 11.3. The summed E-state index contributed by atoms with van der Waals surface area (Å²) in [6, 6.07) is 10.6. The molecule has 0 radical (unpaired) electrons. The summed E-state index contributed by atoms with van der Waals surface area (Å²) in [4.78, 5) is 4.07. The summed E-state index contributed by atoms with van der Waals surface area (Å²) in [6.45, 7) is 0. The fourth-order valence-electron chi connectivity index (χ4n) is 2.89. The predicted octanol–water partition coefficient (Wildman–Crippen LogP) is 3.05. The Morgan fingerprint density at radius 3 is 2.78 bits per heavy atom. The second kappa shape index (κ2) is 4.81. The summed E-state index contributed by atoms with van der Waals surface area (Å²) >= 11 is 0. The van der Waals surface area contributed by atoms with Crippen molar-refractivity contribution >= 4 is 0 Å². The van der Waals surface area contributed by atoms with Gasteiger partial charge in [0.05, 0.1) is 7.11 Å². The van der Waals surface area contributed by atoms with E-state index in [1.165, 1.54) is 16.7 Å². The number of pyridine rings is 1. The number of methoxy groups -OCH3 is 1. The largest absolute Gasteiger partial charge is 0.496 e. The number of hydrogen-bond acceptors (Lipinski definition) is 2. The van der Waals surface area contributed by atoms with Crippen molar-refractivity contribution in [2.24, 2.45) is 5.92 Å². The third-order valence-electron chi connectivity index (χ3n) is 3.73. The van der Waals surface area contributed by atoms with Crippen LogP contribution in [0.3, 0.4) is 0 Å². The Morgan fingerprint density at radius 1 is 1.17 bits per heavy atom. The molecule has 0 N–H and O–H groups in total. The van der Waals surface area contributed by atoms with E-state index in [0.29, 0.717) is 5.92 Å². The lowest BCUT2D eigenvalue weighted by Crippen LogP contribution is -2.04. The number of benzene rings is 1. The minimum atomic E-state index is 0.693. The lowest BCUT2D eigenvalue weighted by molar-refractivity contribution is 0.408. The molecule has 0 aliphatic heterocycles. The van der Waals surface area contributed by atoms with Crippen LogP contribution >= 0.6 is 0 Å². The normalized spacial score (nSPS) is 17.5. The van der Waals surface area contributed by atoms with Crippen LogP contribution in [0.1, 0.15) is 16.7 Å². The van der Waals surface area contributed by atoms with Gasteiger partial charge in [-0.25, -0.2) is 0 Å². The van der Waals surface area contributed by atoms with Crippen molar-refractivity contribution in [2.45, 2.75) is 19.3 Å². The first-order valence-corrected chi connectivity index (χ1v) is 6.40. The molecule has 3 rings (SSSR count). The van der Waals surface area contributed by atoms with Crippen LogP contribution in [0.2, 0.25) is 0 Å². The van der Waals surface area contributed by atoms with E-state index in [0.717, 1.165) is 25.0 Å². The van der Waals surface area contributed by atoms with Crippen molar-refractivity contribution in [1.29, 1.82) is 0 Å². The molecule has 1 heterocycles. The monoisotopic (exact) mass is 239 g/mol. The Morgan fingerprint density at radius 2 is 2.00 bits per heavy atom.